The summed E-state index contributed by atoms with van der Waals surface area (Å²) < 4.78 is 14.7. The SMILES string of the molecule is CCCCCCCCCCCCCCCC[n+]1ccccc1.O=C([O-])c1ccccc1[S+]([O-])c1ccccc1C(=O)O. The van der Waals surface area contributed by atoms with Gasteiger partial charge in [0.05, 0.1) is 11.5 Å². The molecule has 3 aromatic rings. The standard InChI is InChI=1S/C21H38N.C14H10O5S/c1-2-3-4-5-6-7-8-9-10-11-12-13-14-16-19-22-20-17-15-18-21-22;15-13(16)9-5-1-3-7-11(9)20(19)12-8-4-2-6-10(12)14(17)18/h15,17-18,20-21H,2-14,16,19H2,1H3;1-8H,(H,15,16)(H,17,18)/q+1;/p-1. The first-order valence-electron chi connectivity index (χ1n) is 15.4. The van der Waals surface area contributed by atoms with Crippen LogP contribution in [0.4, 0.5) is 0 Å². The maximum atomic E-state index is 12.5. The van der Waals surface area contributed by atoms with Crippen molar-refractivity contribution in [2.75, 3.05) is 0 Å². The maximum Gasteiger partial charge on any atom is 0.340 e. The molecule has 1 unspecified atom stereocenters. The first kappa shape index (κ1) is 35.0. The third kappa shape index (κ3) is 13.7. The molecule has 0 aliphatic heterocycles. The van der Waals surface area contributed by atoms with E-state index < -0.39 is 23.1 Å². The molecule has 1 heterocycles. The molecular formula is C35H47NO5S. The van der Waals surface area contributed by atoms with Crippen LogP contribution in [0.2, 0.25) is 0 Å². The summed E-state index contributed by atoms with van der Waals surface area (Å²) in [5.41, 5.74) is -0.343. The Bertz CT molecular complexity index is 1110. The number of benzene rings is 2. The smallest absolute Gasteiger partial charge is 0.340 e. The predicted molar refractivity (Wildman–Crippen MR) is 166 cm³/mol. The fourth-order valence-corrected chi connectivity index (χ4v) is 6.14. The number of carboxylic acid groups (broad SMARTS) is 2. The molecular weight excluding hydrogens is 546 g/mol. The lowest BCUT2D eigenvalue weighted by Gasteiger charge is -2.15. The number of unbranched alkanes of at least 4 members (excludes halogenated alkanes) is 13. The molecule has 2 aromatic carbocycles. The molecule has 0 amide bonds. The molecule has 7 heteroatoms. The van der Waals surface area contributed by atoms with E-state index in [1.165, 1.54) is 139 Å². The van der Waals surface area contributed by atoms with E-state index in [4.69, 9.17) is 5.11 Å². The predicted octanol–water partition coefficient (Wildman–Crippen LogP) is 7.37. The van der Waals surface area contributed by atoms with Crippen molar-refractivity contribution in [1.82, 2.24) is 0 Å². The summed E-state index contributed by atoms with van der Waals surface area (Å²) in [5.74, 6) is -2.68. The zero-order chi connectivity index (χ0) is 30.4. The normalized spacial score (nSPS) is 11.4. The maximum absolute atomic E-state index is 12.5. The molecule has 6 nitrogen and oxygen atoms in total. The Morgan fingerprint density at radius 3 is 1.55 bits per heavy atom. The van der Waals surface area contributed by atoms with Gasteiger partial charge in [-0.2, -0.15) is 0 Å². The fourth-order valence-electron chi connectivity index (χ4n) is 4.79. The fraction of sp³-hybridized carbons (Fsp3) is 0.457. The minimum atomic E-state index is -1.91. The number of carbonyl (C=O) groups excluding carboxylic acids is 1. The number of aromatic nitrogens is 1. The van der Waals surface area contributed by atoms with E-state index in [1.807, 2.05) is 0 Å². The lowest BCUT2D eigenvalue weighted by atomic mass is 10.0. The largest absolute Gasteiger partial charge is 0.606 e. The Hall–Kier alpha value is -3.16. The van der Waals surface area contributed by atoms with E-state index in [9.17, 15) is 19.2 Å². The minimum Gasteiger partial charge on any atom is -0.606 e. The minimum absolute atomic E-state index is 0.0150. The van der Waals surface area contributed by atoms with Crippen molar-refractivity contribution >= 4 is 23.1 Å². The summed E-state index contributed by atoms with van der Waals surface area (Å²) in [4.78, 5) is 22.2. The van der Waals surface area contributed by atoms with E-state index in [2.05, 4.69) is 42.1 Å². The molecule has 1 aromatic heterocycles. The summed E-state index contributed by atoms with van der Waals surface area (Å²) in [6, 6.07) is 17.7. The van der Waals surface area contributed by atoms with Gasteiger partial charge < -0.3 is 19.6 Å². The van der Waals surface area contributed by atoms with Gasteiger partial charge in [0, 0.05) is 29.7 Å². The Morgan fingerprint density at radius 1 is 0.643 bits per heavy atom. The highest BCUT2D eigenvalue weighted by molar-refractivity contribution is 7.91. The molecule has 0 radical (unpaired) electrons. The van der Waals surface area contributed by atoms with Crippen molar-refractivity contribution in [3.63, 3.8) is 0 Å². The van der Waals surface area contributed by atoms with Crippen LogP contribution >= 0.6 is 0 Å². The second-order valence-corrected chi connectivity index (χ2v) is 12.0. The quantitative estimate of drug-likeness (QED) is 0.0888. The van der Waals surface area contributed by atoms with E-state index in [0.717, 1.165) is 0 Å². The molecule has 42 heavy (non-hydrogen) atoms. The van der Waals surface area contributed by atoms with Crippen LogP contribution in [0.1, 0.15) is 118 Å². The molecule has 0 aliphatic carbocycles. The molecule has 0 bridgehead atoms. The first-order chi connectivity index (χ1) is 20.5. The molecule has 0 saturated carbocycles. The molecule has 0 spiro atoms. The molecule has 0 aliphatic rings. The number of carboxylic acids is 2. The van der Waals surface area contributed by atoms with E-state index in [0.29, 0.717) is 0 Å². The van der Waals surface area contributed by atoms with Crippen molar-refractivity contribution < 1.29 is 28.9 Å². The van der Waals surface area contributed by atoms with Gasteiger partial charge in [-0.1, -0.05) is 114 Å². The summed E-state index contributed by atoms with van der Waals surface area (Å²) in [7, 11) is 0. The third-order valence-electron chi connectivity index (χ3n) is 7.17. The van der Waals surface area contributed by atoms with Gasteiger partial charge in [0.15, 0.2) is 22.2 Å². The topological polar surface area (TPSA) is 104 Å². The summed E-state index contributed by atoms with van der Waals surface area (Å²) in [6.07, 6.45) is 24.4. The van der Waals surface area contributed by atoms with Crippen molar-refractivity contribution in [1.29, 1.82) is 0 Å². The average molecular weight is 594 g/mol. The molecule has 0 fully saturated rings. The average Bonchev–Trinajstić information content (AvgIpc) is 3.01. The van der Waals surface area contributed by atoms with Crippen LogP contribution in [-0.4, -0.2) is 21.6 Å². The van der Waals surface area contributed by atoms with Gasteiger partial charge in [0.2, 0.25) is 0 Å². The van der Waals surface area contributed by atoms with E-state index in [-0.39, 0.29) is 20.9 Å². The Kier molecular flexibility index (Phi) is 18.0. The summed E-state index contributed by atoms with van der Waals surface area (Å²) in [6.45, 7) is 3.47. The van der Waals surface area contributed by atoms with Crippen molar-refractivity contribution in [2.24, 2.45) is 0 Å². The van der Waals surface area contributed by atoms with Gasteiger partial charge in [-0.25, -0.2) is 9.36 Å². The highest BCUT2D eigenvalue weighted by Crippen LogP contribution is 2.26. The number of aryl methyl sites for hydroxylation is 1. The number of hydrogen-bond acceptors (Lipinski definition) is 4. The number of hydrogen-bond donors (Lipinski definition) is 1. The van der Waals surface area contributed by atoms with Crippen LogP contribution in [0, 0.1) is 0 Å². The van der Waals surface area contributed by atoms with Gasteiger partial charge in [-0.3, -0.25) is 0 Å². The van der Waals surface area contributed by atoms with Gasteiger partial charge >= 0.3 is 5.97 Å². The molecule has 1 N–H and O–H groups in total. The van der Waals surface area contributed by atoms with Crippen molar-refractivity contribution in [3.8, 4) is 0 Å². The van der Waals surface area contributed by atoms with E-state index in [1.54, 1.807) is 6.07 Å². The first-order valence-corrected chi connectivity index (χ1v) is 16.6. The van der Waals surface area contributed by atoms with Crippen LogP contribution in [0.25, 0.3) is 0 Å². The van der Waals surface area contributed by atoms with Crippen LogP contribution in [0.15, 0.2) is 88.9 Å². The number of pyridine rings is 1. The summed E-state index contributed by atoms with van der Waals surface area (Å²) in [5, 5.41) is 20.1. The zero-order valence-electron chi connectivity index (χ0n) is 25.0. The lowest BCUT2D eigenvalue weighted by molar-refractivity contribution is -0.697. The monoisotopic (exact) mass is 593 g/mol. The Balaban J connectivity index is 0.000000294. The zero-order valence-corrected chi connectivity index (χ0v) is 25.9. The molecule has 0 saturated heterocycles. The lowest BCUT2D eigenvalue weighted by Crippen LogP contribution is -2.32. The third-order valence-corrected chi connectivity index (χ3v) is 8.68. The van der Waals surface area contributed by atoms with Crippen LogP contribution in [0.5, 0.6) is 0 Å². The van der Waals surface area contributed by atoms with Gasteiger partial charge in [-0.05, 0) is 30.7 Å². The molecule has 228 valence electrons. The van der Waals surface area contributed by atoms with Crippen LogP contribution < -0.4 is 9.67 Å². The van der Waals surface area contributed by atoms with Gasteiger partial charge in [-0.15, -0.1) is 0 Å². The van der Waals surface area contributed by atoms with E-state index >= 15 is 0 Å². The van der Waals surface area contributed by atoms with Crippen LogP contribution in [-0.2, 0) is 17.7 Å². The second-order valence-electron chi connectivity index (χ2n) is 10.6. The summed E-state index contributed by atoms with van der Waals surface area (Å²) >= 11 is -1.91. The number of carbonyl (C=O) groups is 2. The number of rotatable bonds is 19. The molecule has 3 rings (SSSR count). The highest BCUT2D eigenvalue weighted by atomic mass is 32.2. The van der Waals surface area contributed by atoms with Crippen molar-refractivity contribution in [2.45, 2.75) is 113 Å². The number of nitrogens with zero attached hydrogens (tertiary/aromatic N) is 1. The number of aromatic carboxylic acids is 2. The second kappa shape index (κ2) is 21.5. The van der Waals surface area contributed by atoms with Crippen LogP contribution in [0.3, 0.4) is 0 Å². The Morgan fingerprint density at radius 2 is 1.07 bits per heavy atom. The molecule has 1 atom stereocenters. The van der Waals surface area contributed by atoms with Gasteiger partial charge in [0.25, 0.3) is 0 Å². The van der Waals surface area contributed by atoms with Crippen molar-refractivity contribution in [3.05, 3.63) is 90.3 Å². The highest BCUT2D eigenvalue weighted by Gasteiger charge is 2.25. The Labute approximate surface area is 255 Å². The van der Waals surface area contributed by atoms with Gasteiger partial charge in [0.1, 0.15) is 12.1 Å².